The number of methoxy groups -OCH3 is 3. The van der Waals surface area contributed by atoms with Crippen molar-refractivity contribution in [3.05, 3.63) is 59.5 Å². The zero-order valence-electron chi connectivity index (χ0n) is 19.1. The molecule has 4 aromatic rings. The van der Waals surface area contributed by atoms with Gasteiger partial charge in [0.25, 0.3) is 0 Å². The van der Waals surface area contributed by atoms with Gasteiger partial charge in [0.15, 0.2) is 11.5 Å². The Kier molecular flexibility index (Phi) is 6.74. The lowest BCUT2D eigenvalue weighted by molar-refractivity contribution is 0.252. The fourth-order valence-electron chi connectivity index (χ4n) is 4.07. The fourth-order valence-corrected chi connectivity index (χ4v) is 4.88. The highest BCUT2D eigenvalue weighted by Gasteiger charge is 2.19. The Labute approximate surface area is 196 Å². The number of hydrogen-bond donors (Lipinski definition) is 2. The molecular formula is C25H27N3O4S. The van der Waals surface area contributed by atoms with E-state index in [0.29, 0.717) is 29.5 Å². The smallest absolute Gasteiger partial charge is 0.319 e. The lowest BCUT2D eigenvalue weighted by atomic mass is 10.1. The van der Waals surface area contributed by atoms with Crippen LogP contribution in [0.1, 0.15) is 12.5 Å². The maximum atomic E-state index is 12.8. The lowest BCUT2D eigenvalue weighted by Crippen LogP contribution is -2.28. The van der Waals surface area contributed by atoms with Crippen LogP contribution in [0.4, 0.5) is 10.5 Å². The van der Waals surface area contributed by atoms with Crippen molar-refractivity contribution in [2.24, 2.45) is 0 Å². The van der Waals surface area contributed by atoms with Gasteiger partial charge in [-0.05, 0) is 24.4 Å². The molecule has 2 heterocycles. The third-order valence-electron chi connectivity index (χ3n) is 5.49. The third kappa shape index (κ3) is 4.34. The number of anilines is 1. The number of benzene rings is 2. The van der Waals surface area contributed by atoms with Crippen molar-refractivity contribution >= 4 is 34.0 Å². The van der Waals surface area contributed by atoms with E-state index >= 15 is 0 Å². The molecular weight excluding hydrogens is 438 g/mol. The molecule has 0 aliphatic carbocycles. The predicted molar refractivity (Wildman–Crippen MR) is 133 cm³/mol. The molecule has 7 nitrogen and oxygen atoms in total. The molecule has 33 heavy (non-hydrogen) atoms. The topological polar surface area (TPSA) is 73.8 Å². The summed E-state index contributed by atoms with van der Waals surface area (Å²) in [6.45, 7) is 3.36. The Hall–Kier alpha value is -3.65. The Balaban J connectivity index is 1.61. The Morgan fingerprint density at radius 2 is 1.73 bits per heavy atom. The molecule has 2 amide bonds. The van der Waals surface area contributed by atoms with E-state index in [2.05, 4.69) is 45.7 Å². The summed E-state index contributed by atoms with van der Waals surface area (Å²) in [5, 5.41) is 9.08. The van der Waals surface area contributed by atoms with Crippen molar-refractivity contribution in [1.29, 1.82) is 0 Å². The second-order valence-electron chi connectivity index (χ2n) is 7.29. The van der Waals surface area contributed by atoms with Gasteiger partial charge in [-0.3, -0.25) is 0 Å². The first-order chi connectivity index (χ1) is 16.1. The maximum Gasteiger partial charge on any atom is 0.319 e. The number of nitrogens with zero attached hydrogens (tertiary/aromatic N) is 1. The predicted octanol–water partition coefficient (Wildman–Crippen LogP) is 5.74. The maximum absolute atomic E-state index is 12.8. The van der Waals surface area contributed by atoms with Crippen LogP contribution in [0.15, 0.2) is 53.9 Å². The molecule has 0 atom stereocenters. The number of fused-ring (bicyclic) bond motifs is 1. The lowest BCUT2D eigenvalue weighted by Gasteiger charge is -2.15. The molecule has 0 aliphatic heterocycles. The van der Waals surface area contributed by atoms with Crippen LogP contribution in [-0.4, -0.2) is 31.9 Å². The molecule has 0 radical (unpaired) electrons. The molecule has 172 valence electrons. The van der Waals surface area contributed by atoms with Crippen LogP contribution < -0.4 is 24.8 Å². The van der Waals surface area contributed by atoms with Gasteiger partial charge in [-0.1, -0.05) is 24.3 Å². The number of rotatable bonds is 8. The highest BCUT2D eigenvalue weighted by atomic mass is 32.1. The molecule has 0 bridgehead atoms. The zero-order chi connectivity index (χ0) is 23.4. The van der Waals surface area contributed by atoms with Gasteiger partial charge >= 0.3 is 6.03 Å². The first kappa shape index (κ1) is 22.5. The number of carbonyl (C=O) groups excluding carboxylic acids is 1. The summed E-state index contributed by atoms with van der Waals surface area (Å²) in [7, 11) is 4.62. The monoisotopic (exact) mass is 465 g/mol. The van der Waals surface area contributed by atoms with E-state index in [0.717, 1.165) is 28.7 Å². The van der Waals surface area contributed by atoms with Crippen LogP contribution in [0, 0.1) is 0 Å². The molecule has 8 heteroatoms. The Bertz CT molecular complexity index is 1240. The number of aromatic nitrogens is 1. The van der Waals surface area contributed by atoms with Gasteiger partial charge in [-0.2, -0.15) is 0 Å². The van der Waals surface area contributed by atoms with Crippen LogP contribution in [0.25, 0.3) is 21.5 Å². The second kappa shape index (κ2) is 9.87. The number of ether oxygens (including phenoxy) is 3. The fraction of sp³-hybridized carbons (Fsp3) is 0.240. The number of nitrogens with one attached hydrogen (secondary N) is 2. The normalized spacial score (nSPS) is 10.8. The van der Waals surface area contributed by atoms with Crippen LogP contribution >= 0.6 is 11.3 Å². The molecule has 0 spiro atoms. The van der Waals surface area contributed by atoms with E-state index in [1.54, 1.807) is 23.5 Å². The van der Waals surface area contributed by atoms with Crippen LogP contribution in [0.2, 0.25) is 0 Å². The van der Waals surface area contributed by atoms with Gasteiger partial charge in [0.1, 0.15) is 0 Å². The van der Waals surface area contributed by atoms with Crippen molar-refractivity contribution in [2.45, 2.75) is 20.0 Å². The molecule has 4 rings (SSSR count). The largest absolute Gasteiger partial charge is 0.493 e. The van der Waals surface area contributed by atoms with Gasteiger partial charge in [0.2, 0.25) is 5.75 Å². The average Bonchev–Trinajstić information content (AvgIpc) is 3.47. The van der Waals surface area contributed by atoms with Crippen LogP contribution in [-0.2, 0) is 13.1 Å². The summed E-state index contributed by atoms with van der Waals surface area (Å²) in [5.41, 5.74) is 3.93. The summed E-state index contributed by atoms with van der Waals surface area (Å²) in [6, 6.07) is 15.5. The summed E-state index contributed by atoms with van der Waals surface area (Å²) in [5.74, 6) is 1.41. The summed E-state index contributed by atoms with van der Waals surface area (Å²) in [6.07, 6.45) is 0. The van der Waals surface area contributed by atoms with Crippen molar-refractivity contribution < 1.29 is 19.0 Å². The van der Waals surface area contributed by atoms with Crippen molar-refractivity contribution in [3.63, 3.8) is 0 Å². The van der Waals surface area contributed by atoms with E-state index in [4.69, 9.17) is 14.2 Å². The quantitative estimate of drug-likeness (QED) is 0.348. The van der Waals surface area contributed by atoms with Crippen LogP contribution in [0.3, 0.4) is 0 Å². The molecule has 0 fully saturated rings. The van der Waals surface area contributed by atoms with Gasteiger partial charge in [0, 0.05) is 41.7 Å². The zero-order valence-corrected chi connectivity index (χ0v) is 19.9. The van der Waals surface area contributed by atoms with Gasteiger partial charge in [-0.25, -0.2) is 4.79 Å². The number of aryl methyl sites for hydroxylation is 1. The Morgan fingerprint density at radius 1 is 1.00 bits per heavy atom. The van der Waals surface area contributed by atoms with Gasteiger partial charge < -0.3 is 29.4 Å². The number of amides is 2. The van der Waals surface area contributed by atoms with Crippen molar-refractivity contribution in [2.75, 3.05) is 26.6 Å². The molecule has 2 aromatic carbocycles. The van der Waals surface area contributed by atoms with E-state index in [-0.39, 0.29) is 6.03 Å². The van der Waals surface area contributed by atoms with E-state index < -0.39 is 0 Å². The number of hydrogen-bond acceptors (Lipinski definition) is 5. The molecule has 0 aliphatic rings. The minimum absolute atomic E-state index is 0.324. The standard InChI is InChI=1S/C25H27N3O4S/c1-5-28-19-10-7-6-9-17(19)18(23(28)22-11-8-12-33-22)15-26-25(29)27-16-13-20(30-2)24(32-4)21(14-16)31-3/h6-14H,5,15H2,1-4H3,(H2,26,27,29). The molecule has 0 saturated heterocycles. The Morgan fingerprint density at radius 3 is 2.33 bits per heavy atom. The summed E-state index contributed by atoms with van der Waals surface area (Å²) >= 11 is 1.69. The van der Waals surface area contributed by atoms with Crippen molar-refractivity contribution in [3.8, 4) is 27.8 Å². The molecule has 2 N–H and O–H groups in total. The number of urea groups is 1. The first-order valence-corrected chi connectivity index (χ1v) is 11.5. The van der Waals surface area contributed by atoms with E-state index in [1.165, 1.54) is 26.2 Å². The highest BCUT2D eigenvalue weighted by Crippen LogP contribution is 2.40. The highest BCUT2D eigenvalue weighted by molar-refractivity contribution is 7.13. The SMILES string of the molecule is CCn1c(-c2cccs2)c(CNC(=O)Nc2cc(OC)c(OC)c(OC)c2)c2ccccc21. The van der Waals surface area contributed by atoms with Crippen molar-refractivity contribution in [1.82, 2.24) is 9.88 Å². The number of para-hydroxylation sites is 1. The molecule has 0 saturated carbocycles. The average molecular weight is 466 g/mol. The summed E-state index contributed by atoms with van der Waals surface area (Å²) < 4.78 is 18.4. The van der Waals surface area contributed by atoms with E-state index in [1.807, 2.05) is 18.2 Å². The first-order valence-electron chi connectivity index (χ1n) is 10.6. The third-order valence-corrected chi connectivity index (χ3v) is 6.37. The number of thiophene rings is 1. The molecule has 0 unspecified atom stereocenters. The van der Waals surface area contributed by atoms with Gasteiger partial charge in [0.05, 0.1) is 37.6 Å². The van der Waals surface area contributed by atoms with Gasteiger partial charge in [-0.15, -0.1) is 11.3 Å². The minimum atomic E-state index is -0.324. The van der Waals surface area contributed by atoms with E-state index in [9.17, 15) is 4.79 Å². The molecule has 2 aromatic heterocycles. The minimum Gasteiger partial charge on any atom is -0.493 e. The number of carbonyl (C=O) groups is 1. The second-order valence-corrected chi connectivity index (χ2v) is 8.24. The van der Waals surface area contributed by atoms with Crippen LogP contribution in [0.5, 0.6) is 17.2 Å². The summed E-state index contributed by atoms with van der Waals surface area (Å²) in [4.78, 5) is 14.0.